The summed E-state index contributed by atoms with van der Waals surface area (Å²) in [5.41, 5.74) is -0.0425. The van der Waals surface area contributed by atoms with Crippen molar-refractivity contribution in [3.8, 4) is 5.75 Å². The fraction of sp³-hybridized carbons (Fsp3) is 0. The molecule has 0 spiro atoms. The highest BCUT2D eigenvalue weighted by atomic mass is 79.9. The third kappa shape index (κ3) is 3.97. The molecular weight excluding hydrogens is 391 g/mol. The van der Waals surface area contributed by atoms with Crippen molar-refractivity contribution in [1.82, 2.24) is 0 Å². The van der Waals surface area contributed by atoms with Gasteiger partial charge in [0, 0.05) is 4.47 Å². The molecule has 0 fully saturated rings. The van der Waals surface area contributed by atoms with E-state index in [1.54, 1.807) is 18.2 Å². The van der Waals surface area contributed by atoms with Crippen molar-refractivity contribution in [3.63, 3.8) is 0 Å². The highest BCUT2D eigenvalue weighted by Crippen LogP contribution is 2.23. The van der Waals surface area contributed by atoms with E-state index in [1.807, 2.05) is 0 Å². The number of allylic oxidation sites excluding steroid dienone is 1. The van der Waals surface area contributed by atoms with E-state index in [2.05, 4.69) is 15.9 Å². The Morgan fingerprint density at radius 3 is 2.50 bits per heavy atom. The summed E-state index contributed by atoms with van der Waals surface area (Å²) >= 11 is 14.9. The first-order valence-corrected chi connectivity index (χ1v) is 7.63. The predicted octanol–water partition coefficient (Wildman–Crippen LogP) is 4.72. The molecular formula is C16H9BrCl2O3. The van der Waals surface area contributed by atoms with Crippen LogP contribution in [0.15, 0.2) is 51.7 Å². The van der Waals surface area contributed by atoms with Gasteiger partial charge in [0.25, 0.3) is 0 Å². The van der Waals surface area contributed by atoms with E-state index in [0.717, 1.165) is 0 Å². The van der Waals surface area contributed by atoms with Crippen LogP contribution in [0.2, 0.25) is 10.0 Å². The first-order chi connectivity index (χ1) is 10.4. The minimum atomic E-state index is -0.628. The molecule has 0 heterocycles. The van der Waals surface area contributed by atoms with E-state index in [-0.39, 0.29) is 5.56 Å². The molecule has 2 rings (SSSR count). The minimum Gasteiger partial charge on any atom is -0.504 e. The van der Waals surface area contributed by atoms with Gasteiger partial charge >= 0.3 is 0 Å². The molecule has 0 amide bonds. The number of aromatic hydroxyl groups is 1. The van der Waals surface area contributed by atoms with E-state index in [1.165, 1.54) is 30.4 Å². The Hall–Kier alpha value is -1.62. The van der Waals surface area contributed by atoms with Crippen LogP contribution in [0.3, 0.4) is 0 Å². The van der Waals surface area contributed by atoms with Crippen LogP contribution in [0.25, 0.3) is 6.08 Å². The molecule has 112 valence electrons. The van der Waals surface area contributed by atoms with Gasteiger partial charge in [-0.25, -0.2) is 0 Å². The lowest BCUT2D eigenvalue weighted by Crippen LogP contribution is -2.01. The van der Waals surface area contributed by atoms with Gasteiger partial charge in [-0.05, 0) is 42.0 Å². The van der Waals surface area contributed by atoms with E-state index in [0.29, 0.717) is 20.1 Å². The number of ketones is 1. The Morgan fingerprint density at radius 2 is 1.82 bits per heavy atom. The summed E-state index contributed by atoms with van der Waals surface area (Å²) in [7, 11) is 0. The lowest BCUT2D eigenvalue weighted by atomic mass is 10.1. The third-order valence-electron chi connectivity index (χ3n) is 2.80. The molecule has 0 saturated heterocycles. The summed E-state index contributed by atoms with van der Waals surface area (Å²) in [5, 5.41) is 10.6. The highest BCUT2D eigenvalue weighted by Gasteiger charge is 2.11. The molecule has 0 aliphatic heterocycles. The number of carbonyl (C=O) groups is 1. The standard InChI is InChI=1S/C16H9BrCl2O3/c17-10-3-6-15(21)16(22)11(8-10)14(20)5-2-9-1-4-12(18)13(19)7-9/h1-8H,(H,21,22)/b5-2-. The number of hydrogen-bond acceptors (Lipinski definition) is 3. The van der Waals surface area contributed by atoms with E-state index >= 15 is 0 Å². The number of rotatable bonds is 3. The molecule has 0 unspecified atom stereocenters. The summed E-state index contributed by atoms with van der Waals surface area (Å²) in [5.74, 6) is -1.09. The smallest absolute Gasteiger partial charge is 0.220 e. The van der Waals surface area contributed by atoms with E-state index in [4.69, 9.17) is 23.2 Å². The molecule has 22 heavy (non-hydrogen) atoms. The van der Waals surface area contributed by atoms with Gasteiger partial charge in [0.2, 0.25) is 5.43 Å². The van der Waals surface area contributed by atoms with Crippen LogP contribution < -0.4 is 5.43 Å². The molecule has 0 aliphatic carbocycles. The molecule has 0 aromatic heterocycles. The summed E-state index contributed by atoms with van der Waals surface area (Å²) in [6, 6.07) is 8.93. The fourth-order valence-corrected chi connectivity index (χ4v) is 2.35. The van der Waals surface area contributed by atoms with E-state index in [9.17, 15) is 14.7 Å². The number of benzene rings is 1. The van der Waals surface area contributed by atoms with Gasteiger partial charge in [0.05, 0.1) is 15.6 Å². The minimum absolute atomic E-state index is 0.0850. The van der Waals surface area contributed by atoms with Crippen molar-refractivity contribution in [1.29, 1.82) is 0 Å². The molecule has 6 heteroatoms. The topological polar surface area (TPSA) is 54.4 Å². The maximum absolute atomic E-state index is 12.2. The van der Waals surface area contributed by atoms with Crippen molar-refractivity contribution >= 4 is 51.0 Å². The second-order valence-corrected chi connectivity index (χ2v) is 6.09. The molecule has 0 radical (unpaired) electrons. The molecule has 3 nitrogen and oxygen atoms in total. The average Bonchev–Trinajstić information content (AvgIpc) is 2.61. The first kappa shape index (κ1) is 16.7. The maximum atomic E-state index is 12.2. The molecule has 1 N–H and O–H groups in total. The zero-order chi connectivity index (χ0) is 16.3. The summed E-state index contributed by atoms with van der Waals surface area (Å²) < 4.78 is 0.510. The maximum Gasteiger partial charge on any atom is 0.220 e. The van der Waals surface area contributed by atoms with Gasteiger partial charge in [0.1, 0.15) is 0 Å². The van der Waals surface area contributed by atoms with Gasteiger partial charge in [-0.2, -0.15) is 0 Å². The normalized spacial score (nSPS) is 10.9. The number of carbonyl (C=O) groups excluding carboxylic acids is 1. The fourth-order valence-electron chi connectivity index (χ4n) is 1.69. The zero-order valence-corrected chi connectivity index (χ0v) is 14.1. The van der Waals surface area contributed by atoms with Crippen LogP contribution in [0.5, 0.6) is 5.75 Å². The highest BCUT2D eigenvalue weighted by molar-refractivity contribution is 9.10. The van der Waals surface area contributed by atoms with Gasteiger partial charge in [-0.1, -0.05) is 51.3 Å². The lowest BCUT2D eigenvalue weighted by molar-refractivity contribution is 0.104. The number of hydrogen-bond donors (Lipinski definition) is 1. The molecule has 0 saturated carbocycles. The van der Waals surface area contributed by atoms with Crippen LogP contribution in [-0.2, 0) is 0 Å². The van der Waals surface area contributed by atoms with Crippen LogP contribution in [0, 0.1) is 0 Å². The van der Waals surface area contributed by atoms with Crippen LogP contribution in [-0.4, -0.2) is 10.9 Å². The molecule has 0 atom stereocenters. The monoisotopic (exact) mass is 398 g/mol. The predicted molar refractivity (Wildman–Crippen MR) is 91.9 cm³/mol. The quantitative estimate of drug-likeness (QED) is 0.600. The molecule has 0 bridgehead atoms. The van der Waals surface area contributed by atoms with Crippen molar-refractivity contribution in [2.45, 2.75) is 0 Å². The Kier molecular flexibility index (Phi) is 5.40. The molecule has 2 aromatic carbocycles. The first-order valence-electron chi connectivity index (χ1n) is 6.09. The molecule has 0 aliphatic rings. The van der Waals surface area contributed by atoms with Crippen LogP contribution in [0.1, 0.15) is 15.9 Å². The average molecular weight is 400 g/mol. The van der Waals surface area contributed by atoms with E-state index < -0.39 is 17.0 Å². The van der Waals surface area contributed by atoms with Crippen molar-refractivity contribution in [2.24, 2.45) is 0 Å². The Labute approximate surface area is 144 Å². The zero-order valence-electron chi connectivity index (χ0n) is 11.0. The lowest BCUT2D eigenvalue weighted by Gasteiger charge is -1.98. The van der Waals surface area contributed by atoms with Crippen molar-refractivity contribution in [3.05, 3.63) is 78.3 Å². The van der Waals surface area contributed by atoms with Gasteiger partial charge in [0.15, 0.2) is 11.5 Å². The molecule has 2 aromatic rings. The third-order valence-corrected chi connectivity index (χ3v) is 4.03. The second-order valence-electron chi connectivity index (χ2n) is 4.36. The van der Waals surface area contributed by atoms with Gasteiger partial charge in [-0.3, -0.25) is 9.59 Å². The number of halogens is 3. The summed E-state index contributed by atoms with van der Waals surface area (Å²) in [4.78, 5) is 23.7. The summed E-state index contributed by atoms with van der Waals surface area (Å²) in [6.07, 6.45) is 2.77. The van der Waals surface area contributed by atoms with Crippen molar-refractivity contribution in [2.75, 3.05) is 0 Å². The SMILES string of the molecule is O=C(/C=C\c1ccc(Cl)c(Cl)c1)c1cc(Br)ccc(=O)c1O. The largest absolute Gasteiger partial charge is 0.504 e. The van der Waals surface area contributed by atoms with Crippen molar-refractivity contribution < 1.29 is 9.90 Å². The van der Waals surface area contributed by atoms with Crippen LogP contribution >= 0.6 is 39.1 Å². The van der Waals surface area contributed by atoms with Gasteiger partial charge < -0.3 is 5.11 Å². The Bertz CT molecular complexity index is 832. The Morgan fingerprint density at radius 1 is 1.09 bits per heavy atom. The Balaban J connectivity index is 2.37. The summed E-state index contributed by atoms with van der Waals surface area (Å²) in [6.45, 7) is 0. The van der Waals surface area contributed by atoms with Crippen LogP contribution in [0.4, 0.5) is 0 Å². The second kappa shape index (κ2) is 7.09. The van der Waals surface area contributed by atoms with Gasteiger partial charge in [-0.15, -0.1) is 0 Å².